The monoisotopic (exact) mass is 350 g/mol. The summed E-state index contributed by atoms with van der Waals surface area (Å²) >= 11 is 2.43. The molecule has 0 aliphatic carbocycles. The zero-order valence-electron chi connectivity index (χ0n) is 9.08. The van der Waals surface area contributed by atoms with Crippen molar-refractivity contribution >= 4 is 21.9 Å². The minimum Gasteiger partial charge on any atom is -0.478 e. The summed E-state index contributed by atoms with van der Waals surface area (Å²) in [6.07, 6.45) is -10.0. The molecular weight excluding hydrogens is 346 g/mol. The second-order valence-corrected chi connectivity index (χ2v) is 4.38. The summed E-state index contributed by atoms with van der Waals surface area (Å²) in [5, 5.41) is 8.65. The van der Waals surface area contributed by atoms with E-state index in [1.54, 1.807) is 0 Å². The van der Waals surface area contributed by atoms with Crippen molar-refractivity contribution in [3.05, 3.63) is 32.8 Å². The molecule has 0 bridgehead atoms. The molecule has 0 spiro atoms. The van der Waals surface area contributed by atoms with Crippen LogP contribution in [0.2, 0.25) is 0 Å². The molecule has 0 aliphatic heterocycles. The first-order chi connectivity index (χ1) is 8.37. The van der Waals surface area contributed by atoms with E-state index in [4.69, 9.17) is 5.11 Å². The lowest BCUT2D eigenvalue weighted by atomic mass is 9.97. The fourth-order valence-electron chi connectivity index (χ4n) is 1.53. The van der Waals surface area contributed by atoms with Crippen molar-refractivity contribution in [2.45, 2.75) is 19.3 Å². The van der Waals surface area contributed by atoms with Gasteiger partial charge in [-0.3, -0.25) is 0 Å². The van der Waals surface area contributed by atoms with Crippen molar-refractivity contribution < 1.29 is 36.2 Å². The van der Waals surface area contributed by atoms with Gasteiger partial charge in [0.05, 0.1) is 16.7 Å². The third-order valence-corrected chi connectivity index (χ3v) is 3.34. The molecule has 0 aliphatic rings. The van der Waals surface area contributed by atoms with Gasteiger partial charge in [-0.05, 0) is 34.5 Å². The maximum Gasteiger partial charge on any atom is 0.417 e. The van der Waals surface area contributed by atoms with Gasteiger partial charge < -0.3 is 5.11 Å². The fourth-order valence-corrected chi connectivity index (χ4v) is 2.07. The van der Waals surface area contributed by atoms with Crippen molar-refractivity contribution in [2.75, 3.05) is 0 Å². The minimum absolute atomic E-state index is 0.0256. The SMILES string of the molecule is Cc1c(Br)c(C(F)(F)F)cc(C(=O)O)c1C(F)(F)F. The molecule has 19 heavy (non-hydrogen) atoms. The van der Waals surface area contributed by atoms with E-state index in [9.17, 15) is 31.1 Å². The Labute approximate surface area is 111 Å². The smallest absolute Gasteiger partial charge is 0.417 e. The highest BCUT2D eigenvalue weighted by Crippen LogP contribution is 2.43. The van der Waals surface area contributed by atoms with E-state index in [2.05, 4.69) is 15.9 Å². The van der Waals surface area contributed by atoms with Crippen LogP contribution in [-0.2, 0) is 12.4 Å². The summed E-state index contributed by atoms with van der Waals surface area (Å²) in [7, 11) is 0. The molecule has 0 saturated carbocycles. The van der Waals surface area contributed by atoms with Gasteiger partial charge in [0, 0.05) is 4.47 Å². The number of carboxylic acid groups (broad SMARTS) is 1. The fraction of sp³-hybridized carbons (Fsp3) is 0.300. The Morgan fingerprint density at radius 1 is 1.16 bits per heavy atom. The van der Waals surface area contributed by atoms with Gasteiger partial charge in [0.15, 0.2) is 0 Å². The highest BCUT2D eigenvalue weighted by molar-refractivity contribution is 9.10. The Bertz CT molecular complexity index is 532. The Balaban J connectivity index is 3.79. The number of benzene rings is 1. The van der Waals surface area contributed by atoms with Crippen LogP contribution in [0.25, 0.3) is 0 Å². The molecule has 1 aromatic carbocycles. The molecule has 106 valence electrons. The first-order valence-corrected chi connectivity index (χ1v) is 5.37. The average molecular weight is 351 g/mol. The molecule has 0 radical (unpaired) electrons. The van der Waals surface area contributed by atoms with E-state index in [0.717, 1.165) is 6.92 Å². The zero-order chi connectivity index (χ0) is 15.2. The molecule has 1 N–H and O–H groups in total. The van der Waals surface area contributed by atoms with Gasteiger partial charge in [-0.2, -0.15) is 26.3 Å². The van der Waals surface area contributed by atoms with Gasteiger partial charge in [-0.25, -0.2) is 4.79 Å². The number of alkyl halides is 6. The van der Waals surface area contributed by atoms with Crippen LogP contribution in [0, 0.1) is 6.92 Å². The predicted molar refractivity (Wildman–Crippen MR) is 55.8 cm³/mol. The van der Waals surface area contributed by atoms with Crippen molar-refractivity contribution in [2.24, 2.45) is 0 Å². The lowest BCUT2D eigenvalue weighted by Crippen LogP contribution is -2.18. The number of halogens is 7. The van der Waals surface area contributed by atoms with Crippen LogP contribution in [0.5, 0.6) is 0 Å². The summed E-state index contributed by atoms with van der Waals surface area (Å²) in [6.45, 7) is 0.772. The molecule has 0 saturated heterocycles. The molecule has 9 heteroatoms. The summed E-state index contributed by atoms with van der Waals surface area (Å²) in [4.78, 5) is 10.7. The largest absolute Gasteiger partial charge is 0.478 e. The maximum atomic E-state index is 12.7. The van der Waals surface area contributed by atoms with Crippen LogP contribution in [0.15, 0.2) is 10.5 Å². The van der Waals surface area contributed by atoms with Gasteiger partial charge in [0.25, 0.3) is 0 Å². The van der Waals surface area contributed by atoms with Gasteiger partial charge in [-0.1, -0.05) is 0 Å². The molecule has 1 aromatic rings. The minimum atomic E-state index is -5.07. The molecule has 1 rings (SSSR count). The van der Waals surface area contributed by atoms with E-state index in [-0.39, 0.29) is 6.07 Å². The number of aromatic carboxylic acids is 1. The van der Waals surface area contributed by atoms with Crippen molar-refractivity contribution in [3.8, 4) is 0 Å². The number of hydrogen-bond donors (Lipinski definition) is 1. The molecule has 0 aromatic heterocycles. The molecular formula is C10H5BrF6O2. The first kappa shape index (κ1) is 15.8. The van der Waals surface area contributed by atoms with Crippen LogP contribution in [0.1, 0.15) is 27.0 Å². The van der Waals surface area contributed by atoms with E-state index < -0.39 is 45.0 Å². The lowest BCUT2D eigenvalue weighted by Gasteiger charge is -2.18. The topological polar surface area (TPSA) is 37.3 Å². The summed E-state index contributed by atoms with van der Waals surface area (Å²) < 4.78 is 75.1. The number of rotatable bonds is 1. The van der Waals surface area contributed by atoms with Gasteiger partial charge in [0.1, 0.15) is 0 Å². The van der Waals surface area contributed by atoms with E-state index in [1.807, 2.05) is 0 Å². The first-order valence-electron chi connectivity index (χ1n) is 4.58. The lowest BCUT2D eigenvalue weighted by molar-refractivity contribution is -0.142. The van der Waals surface area contributed by atoms with Crippen LogP contribution < -0.4 is 0 Å². The standard InChI is InChI=1S/C10H5BrF6O2/c1-3-6(10(15,16)17)4(8(18)19)2-5(7(3)11)9(12,13)14/h2H,1H3,(H,18,19). The molecule has 2 nitrogen and oxygen atoms in total. The second kappa shape index (κ2) is 4.69. The van der Waals surface area contributed by atoms with Crippen molar-refractivity contribution in [1.82, 2.24) is 0 Å². The number of carbonyl (C=O) groups is 1. The molecule has 0 amide bonds. The number of carboxylic acids is 1. The maximum absolute atomic E-state index is 12.7. The second-order valence-electron chi connectivity index (χ2n) is 3.59. The molecule has 0 unspecified atom stereocenters. The Hall–Kier alpha value is -1.25. The highest BCUT2D eigenvalue weighted by atomic mass is 79.9. The van der Waals surface area contributed by atoms with Crippen molar-refractivity contribution in [1.29, 1.82) is 0 Å². The van der Waals surface area contributed by atoms with Gasteiger partial charge in [0.2, 0.25) is 0 Å². The third-order valence-electron chi connectivity index (χ3n) is 2.32. The van der Waals surface area contributed by atoms with Crippen molar-refractivity contribution in [3.63, 3.8) is 0 Å². The van der Waals surface area contributed by atoms with Crippen LogP contribution in [0.3, 0.4) is 0 Å². The normalized spacial score (nSPS) is 12.6. The van der Waals surface area contributed by atoms with Crippen LogP contribution in [0.4, 0.5) is 26.3 Å². The molecule has 0 atom stereocenters. The van der Waals surface area contributed by atoms with E-state index >= 15 is 0 Å². The average Bonchev–Trinajstić information content (AvgIpc) is 2.17. The zero-order valence-corrected chi connectivity index (χ0v) is 10.7. The van der Waals surface area contributed by atoms with Crippen LogP contribution in [-0.4, -0.2) is 11.1 Å². The van der Waals surface area contributed by atoms with E-state index in [1.165, 1.54) is 0 Å². The third kappa shape index (κ3) is 3.02. The van der Waals surface area contributed by atoms with Gasteiger partial charge in [-0.15, -0.1) is 0 Å². The quantitative estimate of drug-likeness (QED) is 0.757. The Kier molecular flexibility index (Phi) is 3.91. The molecule has 0 heterocycles. The highest BCUT2D eigenvalue weighted by Gasteiger charge is 2.42. The summed E-state index contributed by atoms with van der Waals surface area (Å²) in [5.74, 6) is -2.08. The summed E-state index contributed by atoms with van der Waals surface area (Å²) in [6, 6.07) is -0.0256. The summed E-state index contributed by atoms with van der Waals surface area (Å²) in [5.41, 5.74) is -5.31. The van der Waals surface area contributed by atoms with Crippen LogP contribution >= 0.6 is 15.9 Å². The Morgan fingerprint density at radius 3 is 1.95 bits per heavy atom. The van der Waals surface area contributed by atoms with Gasteiger partial charge >= 0.3 is 18.3 Å². The Morgan fingerprint density at radius 2 is 1.63 bits per heavy atom. The predicted octanol–water partition coefficient (Wildman–Crippen LogP) is 4.49. The number of hydrogen-bond acceptors (Lipinski definition) is 1. The molecule has 0 fully saturated rings. The van der Waals surface area contributed by atoms with E-state index in [0.29, 0.717) is 0 Å².